The van der Waals surface area contributed by atoms with E-state index < -0.39 is 11.6 Å². The highest BCUT2D eigenvalue weighted by molar-refractivity contribution is 5.19. The van der Waals surface area contributed by atoms with Crippen molar-refractivity contribution in [3.05, 3.63) is 35.4 Å². The lowest BCUT2D eigenvalue weighted by Crippen LogP contribution is -2.31. The van der Waals surface area contributed by atoms with Gasteiger partial charge in [0, 0.05) is 12.1 Å². The van der Waals surface area contributed by atoms with Gasteiger partial charge in [-0.2, -0.15) is 0 Å². The fourth-order valence-corrected chi connectivity index (χ4v) is 2.51. The summed E-state index contributed by atoms with van der Waals surface area (Å²) in [5.74, 6) is -0.940. The minimum absolute atomic E-state index is 0.279. The highest BCUT2D eigenvalue weighted by atomic mass is 19.1. The Morgan fingerprint density at radius 2 is 1.80 bits per heavy atom. The molecule has 1 unspecified atom stereocenters. The van der Waals surface area contributed by atoms with Crippen LogP contribution < -0.4 is 5.32 Å². The number of unbranched alkanes of at least 4 members (excludes halogenated alkanes) is 4. The Labute approximate surface area is 121 Å². The second-order valence-corrected chi connectivity index (χ2v) is 5.40. The summed E-state index contributed by atoms with van der Waals surface area (Å²) in [7, 11) is 0. The Bertz CT molecular complexity index is 379. The van der Waals surface area contributed by atoms with Crippen LogP contribution >= 0.6 is 0 Å². The number of hydrogen-bond donors (Lipinski definition) is 1. The van der Waals surface area contributed by atoms with Crippen LogP contribution in [-0.4, -0.2) is 12.6 Å². The molecule has 0 bridgehead atoms. The second kappa shape index (κ2) is 9.87. The quantitative estimate of drug-likeness (QED) is 0.605. The molecule has 1 atom stereocenters. The molecule has 0 spiro atoms. The van der Waals surface area contributed by atoms with Crippen LogP contribution in [0.15, 0.2) is 18.2 Å². The summed E-state index contributed by atoms with van der Waals surface area (Å²) in [6.07, 6.45) is 7.90. The standard InChI is InChI=1S/C17H27F2N/c1-3-5-6-7-8-9-16(20-4-2)12-14-10-11-15(18)13-17(14)19/h10-11,13,16,20H,3-9,12H2,1-2H3. The summed E-state index contributed by atoms with van der Waals surface area (Å²) in [4.78, 5) is 0. The van der Waals surface area contributed by atoms with E-state index in [0.717, 1.165) is 19.0 Å². The van der Waals surface area contributed by atoms with E-state index in [1.54, 1.807) is 6.07 Å². The average Bonchev–Trinajstić information content (AvgIpc) is 2.41. The van der Waals surface area contributed by atoms with Gasteiger partial charge in [-0.3, -0.25) is 0 Å². The van der Waals surface area contributed by atoms with Gasteiger partial charge >= 0.3 is 0 Å². The first-order valence-electron chi connectivity index (χ1n) is 7.84. The first kappa shape index (κ1) is 17.1. The molecule has 0 aromatic heterocycles. The molecule has 0 aliphatic rings. The Morgan fingerprint density at radius 1 is 1.05 bits per heavy atom. The van der Waals surface area contributed by atoms with Crippen molar-refractivity contribution in [2.75, 3.05) is 6.54 Å². The minimum atomic E-state index is -0.509. The number of halogens is 2. The summed E-state index contributed by atoms with van der Waals surface area (Å²) in [5, 5.41) is 3.40. The van der Waals surface area contributed by atoms with E-state index in [-0.39, 0.29) is 6.04 Å². The van der Waals surface area contributed by atoms with Crippen LogP contribution in [0.1, 0.15) is 57.9 Å². The first-order valence-corrected chi connectivity index (χ1v) is 7.84. The molecular weight excluding hydrogens is 256 g/mol. The Hall–Kier alpha value is -0.960. The van der Waals surface area contributed by atoms with Crippen LogP contribution in [0.4, 0.5) is 8.78 Å². The smallest absolute Gasteiger partial charge is 0.129 e. The Balaban J connectivity index is 2.45. The normalized spacial score (nSPS) is 12.6. The van der Waals surface area contributed by atoms with E-state index in [2.05, 4.69) is 19.2 Å². The predicted molar refractivity (Wildman–Crippen MR) is 80.9 cm³/mol. The molecule has 1 N–H and O–H groups in total. The van der Waals surface area contributed by atoms with Gasteiger partial charge in [0.25, 0.3) is 0 Å². The second-order valence-electron chi connectivity index (χ2n) is 5.40. The fourth-order valence-electron chi connectivity index (χ4n) is 2.51. The zero-order chi connectivity index (χ0) is 14.8. The van der Waals surface area contributed by atoms with Crippen LogP contribution in [0.5, 0.6) is 0 Å². The highest BCUT2D eigenvalue weighted by Gasteiger charge is 2.12. The molecular formula is C17H27F2N. The third-order valence-electron chi connectivity index (χ3n) is 3.63. The first-order chi connectivity index (χ1) is 9.67. The minimum Gasteiger partial charge on any atom is -0.314 e. The Morgan fingerprint density at radius 3 is 2.45 bits per heavy atom. The average molecular weight is 283 g/mol. The maximum Gasteiger partial charge on any atom is 0.129 e. The fraction of sp³-hybridized carbons (Fsp3) is 0.647. The maximum atomic E-state index is 13.7. The lowest BCUT2D eigenvalue weighted by molar-refractivity contribution is 0.452. The van der Waals surface area contributed by atoms with Crippen molar-refractivity contribution in [1.29, 1.82) is 0 Å². The maximum absolute atomic E-state index is 13.7. The molecule has 0 aliphatic heterocycles. The summed E-state index contributed by atoms with van der Waals surface area (Å²) in [6, 6.07) is 4.15. The molecule has 0 aliphatic carbocycles. The van der Waals surface area contributed by atoms with Crippen LogP contribution in [0.3, 0.4) is 0 Å². The van der Waals surface area contributed by atoms with Crippen molar-refractivity contribution >= 4 is 0 Å². The predicted octanol–water partition coefficient (Wildman–Crippen LogP) is 4.85. The lowest BCUT2D eigenvalue weighted by atomic mass is 9.99. The van der Waals surface area contributed by atoms with E-state index >= 15 is 0 Å². The van der Waals surface area contributed by atoms with Crippen LogP contribution in [0.2, 0.25) is 0 Å². The van der Waals surface area contributed by atoms with Gasteiger partial charge in [-0.25, -0.2) is 8.78 Å². The van der Waals surface area contributed by atoms with Gasteiger partial charge in [-0.05, 0) is 31.0 Å². The van der Waals surface area contributed by atoms with Gasteiger partial charge in [0.05, 0.1) is 0 Å². The van der Waals surface area contributed by atoms with Crippen molar-refractivity contribution in [2.45, 2.75) is 64.8 Å². The van der Waals surface area contributed by atoms with E-state index in [1.807, 2.05) is 0 Å². The lowest BCUT2D eigenvalue weighted by Gasteiger charge is -2.18. The summed E-state index contributed by atoms with van der Waals surface area (Å²) >= 11 is 0. The largest absolute Gasteiger partial charge is 0.314 e. The molecule has 0 saturated carbocycles. The number of nitrogens with one attached hydrogen (secondary N) is 1. The van der Waals surface area contributed by atoms with Gasteiger partial charge in [0.1, 0.15) is 11.6 Å². The molecule has 1 nitrogen and oxygen atoms in total. The Kier molecular flexibility index (Phi) is 8.43. The van der Waals surface area contributed by atoms with Gasteiger partial charge in [0.15, 0.2) is 0 Å². The molecule has 0 saturated heterocycles. The van der Waals surface area contributed by atoms with Crippen LogP contribution in [0, 0.1) is 11.6 Å². The number of benzene rings is 1. The van der Waals surface area contributed by atoms with Gasteiger partial charge in [-0.1, -0.05) is 52.0 Å². The van der Waals surface area contributed by atoms with Gasteiger partial charge < -0.3 is 5.32 Å². The highest BCUT2D eigenvalue weighted by Crippen LogP contribution is 2.15. The zero-order valence-electron chi connectivity index (χ0n) is 12.7. The molecule has 0 radical (unpaired) electrons. The van der Waals surface area contributed by atoms with Crippen LogP contribution in [0.25, 0.3) is 0 Å². The van der Waals surface area contributed by atoms with E-state index in [9.17, 15) is 8.78 Å². The topological polar surface area (TPSA) is 12.0 Å². The van der Waals surface area contributed by atoms with Crippen molar-refractivity contribution in [3.63, 3.8) is 0 Å². The molecule has 0 amide bonds. The van der Waals surface area contributed by atoms with Crippen molar-refractivity contribution in [3.8, 4) is 0 Å². The zero-order valence-corrected chi connectivity index (χ0v) is 12.7. The molecule has 114 valence electrons. The molecule has 1 aromatic carbocycles. The van der Waals surface area contributed by atoms with E-state index in [4.69, 9.17) is 0 Å². The SMILES string of the molecule is CCCCCCCC(Cc1ccc(F)cc1F)NCC. The van der Waals surface area contributed by atoms with Crippen molar-refractivity contribution < 1.29 is 8.78 Å². The van der Waals surface area contributed by atoms with Crippen molar-refractivity contribution in [1.82, 2.24) is 5.32 Å². The number of likely N-dealkylation sites (N-methyl/N-ethyl adjacent to an activating group) is 1. The van der Waals surface area contributed by atoms with Gasteiger partial charge in [-0.15, -0.1) is 0 Å². The monoisotopic (exact) mass is 283 g/mol. The third kappa shape index (κ3) is 6.47. The third-order valence-corrected chi connectivity index (χ3v) is 3.63. The number of rotatable bonds is 10. The van der Waals surface area contributed by atoms with Gasteiger partial charge in [0.2, 0.25) is 0 Å². The molecule has 0 heterocycles. The van der Waals surface area contributed by atoms with Crippen molar-refractivity contribution in [2.24, 2.45) is 0 Å². The molecule has 1 aromatic rings. The molecule has 0 fully saturated rings. The molecule has 1 rings (SSSR count). The summed E-state index contributed by atoms with van der Waals surface area (Å²) in [5.41, 5.74) is 0.603. The summed E-state index contributed by atoms with van der Waals surface area (Å²) in [6.45, 7) is 5.15. The summed E-state index contributed by atoms with van der Waals surface area (Å²) < 4.78 is 26.6. The van der Waals surface area contributed by atoms with E-state index in [0.29, 0.717) is 12.0 Å². The molecule has 3 heteroatoms. The van der Waals surface area contributed by atoms with E-state index in [1.165, 1.54) is 38.2 Å². The molecule has 20 heavy (non-hydrogen) atoms. The number of hydrogen-bond acceptors (Lipinski definition) is 1. The van der Waals surface area contributed by atoms with Crippen LogP contribution in [-0.2, 0) is 6.42 Å².